The molecule has 0 radical (unpaired) electrons. The van der Waals surface area contributed by atoms with Gasteiger partial charge in [-0.05, 0) is 44.9 Å². The Morgan fingerprint density at radius 3 is 2.77 bits per heavy atom. The van der Waals surface area contributed by atoms with Crippen molar-refractivity contribution >= 4 is 5.96 Å². The van der Waals surface area contributed by atoms with Gasteiger partial charge in [-0.25, -0.2) is 0 Å². The summed E-state index contributed by atoms with van der Waals surface area (Å²) in [4.78, 5) is 4.73. The van der Waals surface area contributed by atoms with Crippen molar-refractivity contribution in [2.45, 2.75) is 39.0 Å². The van der Waals surface area contributed by atoms with Crippen LogP contribution in [-0.4, -0.2) is 76.9 Å². The largest absolute Gasteiger partial charge is 0.396 e. The number of guanidine groups is 1. The number of nitrogens with one attached hydrogen (secondary N) is 2. The van der Waals surface area contributed by atoms with Crippen LogP contribution in [0, 0.1) is 11.3 Å². The molecule has 0 aliphatic carbocycles. The SMILES string of the molecule is CCNC(=NCC1(CCO)CCOC1)NCCCOCC1CCOCC1. The lowest BCUT2D eigenvalue weighted by Gasteiger charge is -2.25. The van der Waals surface area contributed by atoms with E-state index in [4.69, 9.17) is 19.2 Å². The molecule has 0 spiro atoms. The first-order valence-corrected chi connectivity index (χ1v) is 10.1. The molecule has 152 valence electrons. The van der Waals surface area contributed by atoms with Crippen molar-refractivity contribution in [3.8, 4) is 0 Å². The van der Waals surface area contributed by atoms with Crippen molar-refractivity contribution in [1.29, 1.82) is 0 Å². The molecule has 7 nitrogen and oxygen atoms in total. The summed E-state index contributed by atoms with van der Waals surface area (Å²) >= 11 is 0. The number of aliphatic hydroxyl groups excluding tert-OH is 1. The van der Waals surface area contributed by atoms with Crippen LogP contribution in [-0.2, 0) is 14.2 Å². The molecule has 0 saturated carbocycles. The van der Waals surface area contributed by atoms with E-state index in [1.54, 1.807) is 0 Å². The maximum absolute atomic E-state index is 9.32. The Labute approximate surface area is 157 Å². The van der Waals surface area contributed by atoms with E-state index in [1.807, 2.05) is 0 Å². The van der Waals surface area contributed by atoms with Gasteiger partial charge in [0.1, 0.15) is 0 Å². The van der Waals surface area contributed by atoms with Crippen molar-refractivity contribution in [2.24, 2.45) is 16.3 Å². The van der Waals surface area contributed by atoms with Gasteiger partial charge >= 0.3 is 0 Å². The average molecular weight is 372 g/mol. The summed E-state index contributed by atoms with van der Waals surface area (Å²) < 4.78 is 16.7. The minimum atomic E-state index is -0.01000. The minimum absolute atomic E-state index is 0.01000. The zero-order valence-electron chi connectivity index (χ0n) is 16.3. The lowest BCUT2D eigenvalue weighted by Crippen LogP contribution is -2.39. The summed E-state index contributed by atoms with van der Waals surface area (Å²) in [6.07, 6.45) is 4.91. The van der Waals surface area contributed by atoms with Crippen LogP contribution in [0.5, 0.6) is 0 Å². The number of aliphatic hydroxyl groups is 1. The van der Waals surface area contributed by atoms with Gasteiger partial charge in [0.15, 0.2) is 5.96 Å². The molecule has 1 atom stereocenters. The number of hydrogen-bond donors (Lipinski definition) is 3. The number of ether oxygens (including phenoxy) is 3. The summed E-state index contributed by atoms with van der Waals surface area (Å²) in [7, 11) is 0. The molecule has 2 fully saturated rings. The van der Waals surface area contributed by atoms with Gasteiger partial charge < -0.3 is 30.0 Å². The first kappa shape index (κ1) is 21.4. The van der Waals surface area contributed by atoms with Crippen LogP contribution < -0.4 is 10.6 Å². The maximum atomic E-state index is 9.32. The highest BCUT2D eigenvalue weighted by Gasteiger charge is 2.34. The van der Waals surface area contributed by atoms with E-state index in [-0.39, 0.29) is 12.0 Å². The van der Waals surface area contributed by atoms with Gasteiger partial charge in [0, 0.05) is 58.1 Å². The van der Waals surface area contributed by atoms with Crippen LogP contribution in [0.2, 0.25) is 0 Å². The quantitative estimate of drug-likeness (QED) is 0.287. The highest BCUT2D eigenvalue weighted by Crippen LogP contribution is 2.32. The van der Waals surface area contributed by atoms with E-state index in [9.17, 15) is 5.11 Å². The second kappa shape index (κ2) is 12.5. The third-order valence-electron chi connectivity index (χ3n) is 5.20. The van der Waals surface area contributed by atoms with E-state index >= 15 is 0 Å². The Morgan fingerprint density at radius 1 is 1.23 bits per heavy atom. The van der Waals surface area contributed by atoms with Gasteiger partial charge in [0.05, 0.1) is 13.2 Å². The highest BCUT2D eigenvalue weighted by atomic mass is 16.5. The number of hydrogen-bond acceptors (Lipinski definition) is 5. The molecule has 2 aliphatic heterocycles. The molecule has 0 bridgehead atoms. The Hall–Kier alpha value is -0.890. The average Bonchev–Trinajstić information content (AvgIpc) is 3.12. The minimum Gasteiger partial charge on any atom is -0.396 e. The first-order chi connectivity index (χ1) is 12.8. The van der Waals surface area contributed by atoms with Gasteiger partial charge in [0.25, 0.3) is 0 Å². The zero-order valence-corrected chi connectivity index (χ0v) is 16.3. The first-order valence-electron chi connectivity index (χ1n) is 10.1. The number of rotatable bonds is 11. The second-order valence-electron chi connectivity index (χ2n) is 7.38. The molecule has 26 heavy (non-hydrogen) atoms. The standard InChI is InChI=1S/C19H37N3O4/c1-2-20-18(22-15-19(6-9-23)7-13-26-16-19)21-8-3-10-25-14-17-4-11-24-12-5-17/h17,23H,2-16H2,1H3,(H2,20,21,22). The molecular weight excluding hydrogens is 334 g/mol. The van der Waals surface area contributed by atoms with E-state index in [1.165, 1.54) is 0 Å². The van der Waals surface area contributed by atoms with Crippen LogP contribution in [0.4, 0.5) is 0 Å². The molecule has 2 aliphatic rings. The third kappa shape index (κ3) is 7.78. The fourth-order valence-electron chi connectivity index (χ4n) is 3.42. The summed E-state index contributed by atoms with van der Waals surface area (Å²) in [6.45, 7) is 9.43. The van der Waals surface area contributed by atoms with Gasteiger partial charge in [-0.15, -0.1) is 0 Å². The number of nitrogens with zero attached hydrogens (tertiary/aromatic N) is 1. The van der Waals surface area contributed by atoms with E-state index in [0.29, 0.717) is 19.1 Å². The molecule has 0 aromatic carbocycles. The molecule has 2 saturated heterocycles. The third-order valence-corrected chi connectivity index (χ3v) is 5.20. The molecule has 0 aromatic rings. The second-order valence-corrected chi connectivity index (χ2v) is 7.38. The summed E-state index contributed by atoms with van der Waals surface area (Å²) in [6, 6.07) is 0. The van der Waals surface area contributed by atoms with Gasteiger partial charge in [-0.1, -0.05) is 0 Å². The van der Waals surface area contributed by atoms with Gasteiger partial charge in [0.2, 0.25) is 0 Å². The maximum Gasteiger partial charge on any atom is 0.191 e. The van der Waals surface area contributed by atoms with Crippen LogP contribution in [0.25, 0.3) is 0 Å². The fourth-order valence-corrected chi connectivity index (χ4v) is 3.42. The highest BCUT2D eigenvalue weighted by molar-refractivity contribution is 5.79. The summed E-state index contributed by atoms with van der Waals surface area (Å²) in [5.41, 5.74) is -0.01000. The zero-order chi connectivity index (χ0) is 18.5. The summed E-state index contributed by atoms with van der Waals surface area (Å²) in [5, 5.41) is 16.0. The summed E-state index contributed by atoms with van der Waals surface area (Å²) in [5.74, 6) is 1.49. The molecule has 0 aromatic heterocycles. The Kier molecular flexibility index (Phi) is 10.3. The topological polar surface area (TPSA) is 84.3 Å². The molecule has 0 amide bonds. The Balaban J connectivity index is 1.63. The smallest absolute Gasteiger partial charge is 0.191 e. The van der Waals surface area contributed by atoms with Crippen LogP contribution in [0.1, 0.15) is 39.0 Å². The molecular formula is C19H37N3O4. The van der Waals surface area contributed by atoms with E-state index in [0.717, 1.165) is 84.2 Å². The monoisotopic (exact) mass is 371 g/mol. The number of aliphatic imine (C=N–C) groups is 1. The van der Waals surface area contributed by atoms with Crippen molar-refractivity contribution < 1.29 is 19.3 Å². The Bertz CT molecular complexity index is 394. The van der Waals surface area contributed by atoms with Gasteiger partial charge in [-0.3, -0.25) is 4.99 Å². The predicted molar refractivity (Wildman–Crippen MR) is 103 cm³/mol. The molecule has 1 unspecified atom stereocenters. The van der Waals surface area contributed by atoms with Crippen molar-refractivity contribution in [3.63, 3.8) is 0 Å². The van der Waals surface area contributed by atoms with E-state index < -0.39 is 0 Å². The van der Waals surface area contributed by atoms with Crippen LogP contribution >= 0.6 is 0 Å². The van der Waals surface area contributed by atoms with Crippen molar-refractivity contribution in [3.05, 3.63) is 0 Å². The Morgan fingerprint density at radius 2 is 2.08 bits per heavy atom. The van der Waals surface area contributed by atoms with E-state index in [2.05, 4.69) is 17.6 Å². The molecule has 3 N–H and O–H groups in total. The van der Waals surface area contributed by atoms with Gasteiger partial charge in [-0.2, -0.15) is 0 Å². The lowest BCUT2D eigenvalue weighted by molar-refractivity contribution is 0.0203. The van der Waals surface area contributed by atoms with Crippen molar-refractivity contribution in [2.75, 3.05) is 65.9 Å². The predicted octanol–water partition coefficient (Wildman–Crippen LogP) is 1.16. The fraction of sp³-hybridized carbons (Fsp3) is 0.947. The van der Waals surface area contributed by atoms with Crippen molar-refractivity contribution in [1.82, 2.24) is 10.6 Å². The molecule has 2 rings (SSSR count). The molecule has 7 heteroatoms. The lowest BCUT2D eigenvalue weighted by atomic mass is 9.84. The van der Waals surface area contributed by atoms with Crippen LogP contribution in [0.15, 0.2) is 4.99 Å². The van der Waals surface area contributed by atoms with Crippen LogP contribution in [0.3, 0.4) is 0 Å². The normalized spacial score (nSPS) is 24.8. The molecule has 2 heterocycles.